The van der Waals surface area contributed by atoms with E-state index in [1.165, 1.54) is 5.56 Å². The lowest BCUT2D eigenvalue weighted by molar-refractivity contribution is -0.124. The summed E-state index contributed by atoms with van der Waals surface area (Å²) in [5, 5.41) is 0. The van der Waals surface area contributed by atoms with E-state index in [4.69, 9.17) is 9.47 Å². The molecule has 0 saturated carbocycles. The maximum Gasteiger partial charge on any atom is 0.426 e. The van der Waals surface area contributed by atoms with Gasteiger partial charge in [0.1, 0.15) is 12.4 Å². The zero-order valence-corrected chi connectivity index (χ0v) is 13.5. The molecule has 2 aromatic rings. The van der Waals surface area contributed by atoms with Crippen LogP contribution in [-0.2, 0) is 22.6 Å². The van der Waals surface area contributed by atoms with Crippen molar-refractivity contribution >= 4 is 12.0 Å². The molecule has 0 aliphatic heterocycles. The van der Waals surface area contributed by atoms with Crippen molar-refractivity contribution in [2.75, 3.05) is 6.61 Å². The molecule has 0 aromatic heterocycles. The van der Waals surface area contributed by atoms with Gasteiger partial charge in [-0.3, -0.25) is 10.2 Å². The van der Waals surface area contributed by atoms with E-state index in [0.29, 0.717) is 5.75 Å². The molecule has 0 radical (unpaired) electrons. The summed E-state index contributed by atoms with van der Waals surface area (Å²) in [6.07, 6.45) is 0.204. The highest BCUT2D eigenvalue weighted by Crippen LogP contribution is 2.12. The molecule has 6 heteroatoms. The van der Waals surface area contributed by atoms with Crippen LogP contribution in [0.3, 0.4) is 0 Å². The molecule has 2 amide bonds. The monoisotopic (exact) mass is 328 g/mol. The first-order valence-corrected chi connectivity index (χ1v) is 7.64. The molecule has 2 N–H and O–H groups in total. The number of rotatable bonds is 6. The number of hydrogen-bond donors (Lipinski definition) is 2. The van der Waals surface area contributed by atoms with Gasteiger partial charge >= 0.3 is 6.09 Å². The third-order valence-electron chi connectivity index (χ3n) is 3.22. The van der Waals surface area contributed by atoms with E-state index in [9.17, 15) is 9.59 Å². The molecule has 0 bridgehead atoms. The molecular formula is C18H20N2O4. The molecule has 6 nitrogen and oxygen atoms in total. The first-order chi connectivity index (χ1) is 11.7. The average Bonchev–Trinajstić information content (AvgIpc) is 2.64. The Balaban J connectivity index is 1.64. The van der Waals surface area contributed by atoms with Crippen molar-refractivity contribution in [3.8, 4) is 5.75 Å². The largest absolute Gasteiger partial charge is 0.484 e. The molecule has 2 aromatic carbocycles. The number of benzene rings is 2. The van der Waals surface area contributed by atoms with Crippen LogP contribution >= 0.6 is 0 Å². The summed E-state index contributed by atoms with van der Waals surface area (Å²) in [7, 11) is 0. The van der Waals surface area contributed by atoms with Gasteiger partial charge in [0.2, 0.25) is 0 Å². The zero-order valence-electron chi connectivity index (χ0n) is 13.5. The summed E-state index contributed by atoms with van der Waals surface area (Å²) < 4.78 is 10.3. The van der Waals surface area contributed by atoms with Gasteiger partial charge in [-0.15, -0.1) is 0 Å². The molecule has 0 atom stereocenters. The Kier molecular flexibility index (Phi) is 6.64. The smallest absolute Gasteiger partial charge is 0.426 e. The van der Waals surface area contributed by atoms with Gasteiger partial charge in [0.25, 0.3) is 5.91 Å². The molecule has 0 unspecified atom stereocenters. The van der Waals surface area contributed by atoms with E-state index in [0.717, 1.165) is 12.0 Å². The van der Waals surface area contributed by atoms with Gasteiger partial charge in [0.05, 0.1) is 0 Å². The van der Waals surface area contributed by atoms with Gasteiger partial charge in [0.15, 0.2) is 6.61 Å². The van der Waals surface area contributed by atoms with Crippen molar-refractivity contribution in [3.05, 3.63) is 65.7 Å². The number of amides is 2. The van der Waals surface area contributed by atoms with Crippen LogP contribution < -0.4 is 15.6 Å². The Morgan fingerprint density at radius 3 is 2.29 bits per heavy atom. The molecule has 126 valence electrons. The number of carbonyl (C=O) groups is 2. The Hall–Kier alpha value is -3.02. The van der Waals surface area contributed by atoms with E-state index in [1.54, 1.807) is 12.1 Å². The van der Waals surface area contributed by atoms with E-state index in [1.807, 2.05) is 42.5 Å². The van der Waals surface area contributed by atoms with Crippen LogP contribution in [0.25, 0.3) is 0 Å². The zero-order chi connectivity index (χ0) is 17.2. The van der Waals surface area contributed by atoms with Gasteiger partial charge in [-0.1, -0.05) is 49.4 Å². The molecule has 0 spiro atoms. The predicted octanol–water partition coefficient (Wildman–Crippen LogP) is 2.59. The molecule has 0 heterocycles. The first kappa shape index (κ1) is 17.3. The van der Waals surface area contributed by atoms with Crippen LogP contribution in [0, 0.1) is 0 Å². The number of ether oxygens (including phenoxy) is 2. The first-order valence-electron chi connectivity index (χ1n) is 7.64. The highest BCUT2D eigenvalue weighted by atomic mass is 16.6. The quantitative estimate of drug-likeness (QED) is 0.799. The molecule has 24 heavy (non-hydrogen) atoms. The van der Waals surface area contributed by atoms with E-state index < -0.39 is 12.0 Å². The van der Waals surface area contributed by atoms with Crippen LogP contribution in [0.2, 0.25) is 0 Å². The fourth-order valence-corrected chi connectivity index (χ4v) is 1.89. The summed E-state index contributed by atoms with van der Waals surface area (Å²) >= 11 is 0. The lowest BCUT2D eigenvalue weighted by Crippen LogP contribution is -2.44. The van der Waals surface area contributed by atoms with Crippen LogP contribution in [-0.4, -0.2) is 18.6 Å². The number of aryl methyl sites for hydroxylation is 1. The van der Waals surface area contributed by atoms with Crippen LogP contribution in [0.15, 0.2) is 54.6 Å². The minimum atomic E-state index is -0.737. The van der Waals surface area contributed by atoms with E-state index in [-0.39, 0.29) is 13.2 Å². The molecule has 2 rings (SSSR count). The Morgan fingerprint density at radius 1 is 0.917 bits per heavy atom. The van der Waals surface area contributed by atoms with Crippen LogP contribution in [0.5, 0.6) is 5.75 Å². The molecule has 0 aliphatic rings. The summed E-state index contributed by atoms with van der Waals surface area (Å²) in [4.78, 5) is 23.1. The van der Waals surface area contributed by atoms with Gasteiger partial charge in [-0.2, -0.15) is 0 Å². The molecule has 0 aliphatic carbocycles. The molecule has 0 fully saturated rings. The van der Waals surface area contributed by atoms with Crippen molar-refractivity contribution in [1.29, 1.82) is 0 Å². The second-order valence-electron chi connectivity index (χ2n) is 5.02. The lowest BCUT2D eigenvalue weighted by atomic mass is 10.2. The highest BCUT2D eigenvalue weighted by Gasteiger charge is 2.06. The standard InChI is InChI=1S/C18H20N2O4/c1-2-14-8-10-16(11-9-14)23-13-17(21)19-20-18(22)24-12-15-6-4-3-5-7-15/h3-11H,2,12-13H2,1H3,(H,19,21)(H,20,22). The van der Waals surface area contributed by atoms with Crippen molar-refractivity contribution in [3.63, 3.8) is 0 Å². The summed E-state index contributed by atoms with van der Waals surface area (Å²) in [5.74, 6) is 0.111. The number of carbonyl (C=O) groups excluding carboxylic acids is 2. The van der Waals surface area contributed by atoms with Gasteiger partial charge < -0.3 is 9.47 Å². The van der Waals surface area contributed by atoms with Gasteiger partial charge in [-0.05, 0) is 29.7 Å². The van der Waals surface area contributed by atoms with Crippen molar-refractivity contribution < 1.29 is 19.1 Å². The minimum absolute atomic E-state index is 0.128. The topological polar surface area (TPSA) is 76.7 Å². The van der Waals surface area contributed by atoms with Crippen LogP contribution in [0.1, 0.15) is 18.1 Å². The number of nitrogens with one attached hydrogen (secondary N) is 2. The number of hydrazine groups is 1. The maximum absolute atomic E-state index is 11.6. The predicted molar refractivity (Wildman–Crippen MR) is 89.2 cm³/mol. The lowest BCUT2D eigenvalue weighted by Gasteiger charge is -2.09. The summed E-state index contributed by atoms with van der Waals surface area (Å²) in [5.41, 5.74) is 6.44. The summed E-state index contributed by atoms with van der Waals surface area (Å²) in [6, 6.07) is 16.7. The third-order valence-corrected chi connectivity index (χ3v) is 3.22. The second kappa shape index (κ2) is 9.19. The molecule has 0 saturated heterocycles. The Labute approximate surface area is 140 Å². The van der Waals surface area contributed by atoms with Crippen molar-refractivity contribution in [2.45, 2.75) is 20.0 Å². The highest BCUT2D eigenvalue weighted by molar-refractivity contribution is 5.80. The fraction of sp³-hybridized carbons (Fsp3) is 0.222. The SMILES string of the molecule is CCc1ccc(OCC(=O)NNC(=O)OCc2ccccc2)cc1. The normalized spacial score (nSPS) is 9.88. The average molecular weight is 328 g/mol. The van der Waals surface area contributed by atoms with Crippen molar-refractivity contribution in [1.82, 2.24) is 10.9 Å². The third kappa shape index (κ3) is 6.00. The number of hydrogen-bond acceptors (Lipinski definition) is 4. The second-order valence-corrected chi connectivity index (χ2v) is 5.02. The minimum Gasteiger partial charge on any atom is -0.484 e. The van der Waals surface area contributed by atoms with Crippen LogP contribution in [0.4, 0.5) is 4.79 Å². The van der Waals surface area contributed by atoms with Gasteiger partial charge in [0, 0.05) is 0 Å². The Morgan fingerprint density at radius 2 is 1.62 bits per heavy atom. The summed E-state index contributed by atoms with van der Waals surface area (Å²) in [6.45, 7) is 1.99. The fourth-order valence-electron chi connectivity index (χ4n) is 1.89. The van der Waals surface area contributed by atoms with E-state index in [2.05, 4.69) is 17.8 Å². The van der Waals surface area contributed by atoms with Crippen molar-refractivity contribution in [2.24, 2.45) is 0 Å². The maximum atomic E-state index is 11.6. The Bertz CT molecular complexity index is 656. The van der Waals surface area contributed by atoms with E-state index >= 15 is 0 Å². The molecular weight excluding hydrogens is 308 g/mol. The van der Waals surface area contributed by atoms with Gasteiger partial charge in [-0.25, -0.2) is 10.2 Å².